The molecule has 0 saturated heterocycles. The Balaban J connectivity index is 2.49. The van der Waals surface area contributed by atoms with Crippen molar-refractivity contribution in [3.63, 3.8) is 0 Å². The summed E-state index contributed by atoms with van der Waals surface area (Å²) in [5, 5.41) is 23.5. The first-order valence-corrected chi connectivity index (χ1v) is 5.48. The number of nitro groups is 1. The van der Waals surface area contributed by atoms with E-state index in [4.69, 9.17) is 15.4 Å². The van der Waals surface area contributed by atoms with E-state index in [2.05, 4.69) is 10.1 Å². The van der Waals surface area contributed by atoms with Crippen molar-refractivity contribution in [2.75, 3.05) is 6.61 Å². The number of aryl methyl sites for hydroxylation is 1. The summed E-state index contributed by atoms with van der Waals surface area (Å²) < 4.78 is 4.96. The standard InChI is InChI=1S/C11H12N4O4/c1-6-2-3-9(15(17)18)7(4-6)11-13-10(14-19-11)8(12)5-16/h2-4,8,16H,5,12H2,1H3. The smallest absolute Gasteiger partial charge is 0.282 e. The van der Waals surface area contributed by atoms with Crippen molar-refractivity contribution >= 4 is 5.69 Å². The van der Waals surface area contributed by atoms with Crippen LogP contribution in [0, 0.1) is 17.0 Å². The van der Waals surface area contributed by atoms with E-state index in [1.807, 2.05) is 0 Å². The largest absolute Gasteiger partial charge is 0.394 e. The molecule has 2 rings (SSSR count). The zero-order valence-electron chi connectivity index (χ0n) is 10.1. The summed E-state index contributed by atoms with van der Waals surface area (Å²) in [5.41, 5.74) is 6.47. The summed E-state index contributed by atoms with van der Waals surface area (Å²) in [5.74, 6) is 0.114. The van der Waals surface area contributed by atoms with Crippen LogP contribution in [-0.2, 0) is 0 Å². The predicted octanol–water partition coefficient (Wildman–Crippen LogP) is 0.945. The van der Waals surface area contributed by atoms with Gasteiger partial charge in [-0.2, -0.15) is 4.98 Å². The number of benzene rings is 1. The Hall–Kier alpha value is -2.32. The molecule has 19 heavy (non-hydrogen) atoms. The second kappa shape index (κ2) is 5.12. The van der Waals surface area contributed by atoms with Crippen molar-refractivity contribution in [3.05, 3.63) is 39.7 Å². The van der Waals surface area contributed by atoms with Crippen LogP contribution in [-0.4, -0.2) is 26.8 Å². The Morgan fingerprint density at radius 3 is 2.95 bits per heavy atom. The van der Waals surface area contributed by atoms with Gasteiger partial charge in [-0.15, -0.1) is 0 Å². The fraction of sp³-hybridized carbons (Fsp3) is 0.273. The first-order chi connectivity index (χ1) is 9.02. The quantitative estimate of drug-likeness (QED) is 0.621. The summed E-state index contributed by atoms with van der Waals surface area (Å²) in [6.45, 7) is 1.46. The van der Waals surface area contributed by atoms with E-state index in [0.29, 0.717) is 0 Å². The maximum Gasteiger partial charge on any atom is 0.282 e. The molecule has 1 unspecified atom stereocenters. The van der Waals surface area contributed by atoms with Gasteiger partial charge in [-0.25, -0.2) is 0 Å². The van der Waals surface area contributed by atoms with Crippen LogP contribution in [0.2, 0.25) is 0 Å². The zero-order chi connectivity index (χ0) is 14.0. The van der Waals surface area contributed by atoms with E-state index in [-0.39, 0.29) is 29.6 Å². The highest BCUT2D eigenvalue weighted by Crippen LogP contribution is 2.29. The van der Waals surface area contributed by atoms with Gasteiger partial charge >= 0.3 is 0 Å². The van der Waals surface area contributed by atoms with Gasteiger partial charge in [0, 0.05) is 6.07 Å². The highest BCUT2D eigenvalue weighted by molar-refractivity contribution is 5.67. The second-order valence-electron chi connectivity index (χ2n) is 4.02. The molecule has 0 aliphatic carbocycles. The third-order valence-corrected chi connectivity index (χ3v) is 2.55. The number of aliphatic hydroxyl groups is 1. The molecular weight excluding hydrogens is 252 g/mol. The van der Waals surface area contributed by atoms with Crippen molar-refractivity contribution in [1.29, 1.82) is 0 Å². The number of rotatable bonds is 4. The van der Waals surface area contributed by atoms with Gasteiger partial charge in [-0.05, 0) is 18.6 Å². The average Bonchev–Trinajstić information content (AvgIpc) is 2.86. The average molecular weight is 264 g/mol. The maximum absolute atomic E-state index is 11.0. The lowest BCUT2D eigenvalue weighted by Gasteiger charge is -2.00. The van der Waals surface area contributed by atoms with Crippen LogP contribution in [0.4, 0.5) is 5.69 Å². The molecule has 0 aliphatic rings. The Morgan fingerprint density at radius 2 is 2.32 bits per heavy atom. The Morgan fingerprint density at radius 1 is 1.58 bits per heavy atom. The molecule has 100 valence electrons. The van der Waals surface area contributed by atoms with E-state index in [0.717, 1.165) is 5.56 Å². The molecule has 2 aromatic rings. The van der Waals surface area contributed by atoms with Crippen molar-refractivity contribution in [3.8, 4) is 11.5 Å². The van der Waals surface area contributed by atoms with Crippen LogP contribution < -0.4 is 5.73 Å². The minimum absolute atomic E-state index is 0.00861. The van der Waals surface area contributed by atoms with Gasteiger partial charge in [0.15, 0.2) is 5.82 Å². The van der Waals surface area contributed by atoms with E-state index in [1.165, 1.54) is 6.07 Å². The molecule has 0 amide bonds. The summed E-state index contributed by atoms with van der Waals surface area (Å²) in [7, 11) is 0. The number of nitro benzene ring substituents is 1. The van der Waals surface area contributed by atoms with E-state index < -0.39 is 11.0 Å². The fourth-order valence-corrected chi connectivity index (χ4v) is 1.56. The van der Waals surface area contributed by atoms with Crippen LogP contribution in [0.15, 0.2) is 22.7 Å². The summed E-state index contributed by atoms with van der Waals surface area (Å²) in [6.07, 6.45) is 0. The maximum atomic E-state index is 11.0. The molecule has 1 atom stereocenters. The van der Waals surface area contributed by atoms with Crippen LogP contribution in [0.3, 0.4) is 0 Å². The van der Waals surface area contributed by atoms with E-state index in [9.17, 15) is 10.1 Å². The molecule has 0 saturated carbocycles. The zero-order valence-corrected chi connectivity index (χ0v) is 10.1. The van der Waals surface area contributed by atoms with Gasteiger partial charge in [-0.1, -0.05) is 11.2 Å². The lowest BCUT2D eigenvalue weighted by Crippen LogP contribution is -2.15. The van der Waals surface area contributed by atoms with E-state index >= 15 is 0 Å². The van der Waals surface area contributed by atoms with Gasteiger partial charge in [0.2, 0.25) is 0 Å². The van der Waals surface area contributed by atoms with Crippen molar-refractivity contribution in [2.45, 2.75) is 13.0 Å². The van der Waals surface area contributed by atoms with Crippen molar-refractivity contribution < 1.29 is 14.6 Å². The van der Waals surface area contributed by atoms with Gasteiger partial charge in [-0.3, -0.25) is 10.1 Å². The molecule has 0 spiro atoms. The molecule has 1 aromatic carbocycles. The number of aromatic nitrogens is 2. The SMILES string of the molecule is Cc1ccc([N+](=O)[O-])c(-c2nc(C(N)CO)no2)c1. The van der Waals surface area contributed by atoms with Gasteiger partial charge in [0.05, 0.1) is 17.6 Å². The molecule has 0 radical (unpaired) electrons. The molecule has 8 nitrogen and oxygen atoms in total. The lowest BCUT2D eigenvalue weighted by molar-refractivity contribution is -0.384. The monoisotopic (exact) mass is 264 g/mol. The summed E-state index contributed by atoms with van der Waals surface area (Å²) >= 11 is 0. The van der Waals surface area contributed by atoms with Crippen molar-refractivity contribution in [2.24, 2.45) is 5.73 Å². The predicted molar refractivity (Wildman–Crippen MR) is 65.1 cm³/mol. The van der Waals surface area contributed by atoms with E-state index in [1.54, 1.807) is 19.1 Å². The number of nitrogens with zero attached hydrogens (tertiary/aromatic N) is 3. The highest BCUT2D eigenvalue weighted by Gasteiger charge is 2.22. The third kappa shape index (κ3) is 2.59. The Kier molecular flexibility index (Phi) is 3.54. The first kappa shape index (κ1) is 13.1. The molecule has 3 N–H and O–H groups in total. The number of hydrogen-bond acceptors (Lipinski definition) is 7. The topological polar surface area (TPSA) is 128 Å². The van der Waals surface area contributed by atoms with Crippen LogP contribution in [0.5, 0.6) is 0 Å². The Bertz CT molecular complexity index is 610. The first-order valence-electron chi connectivity index (χ1n) is 5.48. The van der Waals surface area contributed by atoms with Gasteiger partial charge in [0.1, 0.15) is 5.56 Å². The summed E-state index contributed by atoms with van der Waals surface area (Å²) in [6, 6.07) is 3.81. The highest BCUT2D eigenvalue weighted by atomic mass is 16.6. The summed E-state index contributed by atoms with van der Waals surface area (Å²) in [4.78, 5) is 14.4. The van der Waals surface area contributed by atoms with Crippen LogP contribution >= 0.6 is 0 Å². The minimum Gasteiger partial charge on any atom is -0.394 e. The van der Waals surface area contributed by atoms with Crippen LogP contribution in [0.25, 0.3) is 11.5 Å². The minimum atomic E-state index is -0.777. The van der Waals surface area contributed by atoms with Gasteiger partial charge in [0.25, 0.3) is 11.6 Å². The molecule has 0 aliphatic heterocycles. The Labute approximate surface area is 108 Å². The number of hydrogen-bond donors (Lipinski definition) is 2. The number of nitrogens with two attached hydrogens (primary N) is 1. The molecular formula is C11H12N4O4. The molecule has 1 aromatic heterocycles. The normalized spacial score (nSPS) is 12.4. The number of aliphatic hydroxyl groups excluding tert-OH is 1. The molecule has 8 heteroatoms. The third-order valence-electron chi connectivity index (χ3n) is 2.55. The second-order valence-corrected chi connectivity index (χ2v) is 4.02. The van der Waals surface area contributed by atoms with Crippen LogP contribution in [0.1, 0.15) is 17.4 Å². The molecule has 0 bridgehead atoms. The lowest BCUT2D eigenvalue weighted by atomic mass is 10.1. The molecule has 0 fully saturated rings. The van der Waals surface area contributed by atoms with Crippen molar-refractivity contribution in [1.82, 2.24) is 10.1 Å². The fourth-order valence-electron chi connectivity index (χ4n) is 1.56. The molecule has 1 heterocycles. The van der Waals surface area contributed by atoms with Gasteiger partial charge < -0.3 is 15.4 Å².